The van der Waals surface area contributed by atoms with Crippen molar-refractivity contribution in [2.75, 3.05) is 20.8 Å². The third-order valence-corrected chi connectivity index (χ3v) is 3.97. The van der Waals surface area contributed by atoms with Crippen LogP contribution in [0, 0.1) is 0 Å². The predicted octanol–water partition coefficient (Wildman–Crippen LogP) is 4.70. The first-order chi connectivity index (χ1) is 12.7. The quantitative estimate of drug-likeness (QED) is 0.675. The molecule has 0 atom stereocenters. The molecule has 0 bridgehead atoms. The molecule has 0 saturated carbocycles. The fourth-order valence-corrected chi connectivity index (χ4v) is 2.64. The van der Waals surface area contributed by atoms with E-state index in [1.807, 2.05) is 0 Å². The second-order valence-electron chi connectivity index (χ2n) is 5.92. The Kier molecular flexibility index (Phi) is 7.10. The van der Waals surface area contributed by atoms with Crippen molar-refractivity contribution in [3.63, 3.8) is 0 Å². The Morgan fingerprint density at radius 1 is 1.15 bits per heavy atom. The first kappa shape index (κ1) is 21.1. The number of nitrogens with zero attached hydrogens (tertiary/aromatic N) is 1. The van der Waals surface area contributed by atoms with E-state index in [1.54, 1.807) is 49.5 Å². The second-order valence-corrected chi connectivity index (χ2v) is 6.36. The van der Waals surface area contributed by atoms with Crippen LogP contribution in [0.4, 0.5) is 13.2 Å². The summed E-state index contributed by atoms with van der Waals surface area (Å²) in [5, 5.41) is 0.537. The van der Waals surface area contributed by atoms with Gasteiger partial charge in [0.05, 0.1) is 13.7 Å². The van der Waals surface area contributed by atoms with E-state index in [2.05, 4.69) is 4.74 Å². The lowest BCUT2D eigenvalue weighted by Gasteiger charge is -2.19. The summed E-state index contributed by atoms with van der Waals surface area (Å²) in [6.07, 6.45) is -4.36. The number of halogens is 4. The molecule has 0 aliphatic rings. The molecule has 0 N–H and O–H groups in total. The van der Waals surface area contributed by atoms with Crippen LogP contribution in [0.15, 0.2) is 42.5 Å². The van der Waals surface area contributed by atoms with E-state index in [9.17, 15) is 18.0 Å². The van der Waals surface area contributed by atoms with Crippen molar-refractivity contribution in [3.8, 4) is 5.75 Å². The monoisotopic (exact) mass is 401 g/mol. The molecular formula is C19H19ClF3NO3. The Morgan fingerprint density at radius 3 is 2.41 bits per heavy atom. The lowest BCUT2D eigenvalue weighted by atomic mass is 10.1. The normalized spacial score (nSPS) is 11.3. The topological polar surface area (TPSA) is 38.8 Å². The van der Waals surface area contributed by atoms with Crippen molar-refractivity contribution >= 4 is 17.5 Å². The Balaban J connectivity index is 1.99. The first-order valence-corrected chi connectivity index (χ1v) is 8.38. The highest BCUT2D eigenvalue weighted by Crippen LogP contribution is 2.24. The van der Waals surface area contributed by atoms with E-state index in [4.69, 9.17) is 16.3 Å². The predicted molar refractivity (Wildman–Crippen MR) is 96.0 cm³/mol. The van der Waals surface area contributed by atoms with Crippen molar-refractivity contribution in [2.24, 2.45) is 0 Å². The number of hydrogen-bond donors (Lipinski definition) is 0. The minimum Gasteiger partial charge on any atom is -0.496 e. The van der Waals surface area contributed by atoms with Crippen LogP contribution in [-0.2, 0) is 17.9 Å². The number of methoxy groups -OCH3 is 1. The zero-order valence-electron chi connectivity index (χ0n) is 14.8. The molecule has 2 aromatic carbocycles. The van der Waals surface area contributed by atoms with Gasteiger partial charge in [0.1, 0.15) is 12.4 Å². The van der Waals surface area contributed by atoms with Crippen LogP contribution in [-0.4, -0.2) is 37.7 Å². The molecule has 0 unspecified atom stereocenters. The van der Waals surface area contributed by atoms with E-state index in [-0.39, 0.29) is 12.5 Å². The summed E-state index contributed by atoms with van der Waals surface area (Å²) >= 11 is 6.00. The number of ether oxygens (including phenoxy) is 2. The highest BCUT2D eigenvalue weighted by atomic mass is 35.5. The minimum absolute atomic E-state index is 0.177. The summed E-state index contributed by atoms with van der Waals surface area (Å²) in [5.41, 5.74) is 1.73. The molecule has 0 fully saturated rings. The highest BCUT2D eigenvalue weighted by Gasteiger charge is 2.27. The molecule has 27 heavy (non-hydrogen) atoms. The van der Waals surface area contributed by atoms with E-state index >= 15 is 0 Å². The molecule has 0 aliphatic carbocycles. The third-order valence-electron chi connectivity index (χ3n) is 3.73. The molecular weight excluding hydrogens is 383 g/mol. The average molecular weight is 402 g/mol. The summed E-state index contributed by atoms with van der Waals surface area (Å²) in [7, 11) is 3.18. The molecule has 0 radical (unpaired) electrons. The summed E-state index contributed by atoms with van der Waals surface area (Å²) in [4.78, 5) is 14.1. The van der Waals surface area contributed by atoms with Gasteiger partial charge in [0, 0.05) is 29.7 Å². The van der Waals surface area contributed by atoms with Crippen molar-refractivity contribution in [3.05, 3.63) is 64.2 Å². The maximum atomic E-state index is 12.6. The molecule has 0 spiro atoms. The van der Waals surface area contributed by atoms with Gasteiger partial charge in [-0.3, -0.25) is 4.79 Å². The lowest BCUT2D eigenvalue weighted by Crippen LogP contribution is -2.26. The summed E-state index contributed by atoms with van der Waals surface area (Å²) in [6, 6.07) is 11.4. The van der Waals surface area contributed by atoms with Crippen molar-refractivity contribution < 1.29 is 27.4 Å². The van der Waals surface area contributed by atoms with Gasteiger partial charge >= 0.3 is 6.18 Å². The SMILES string of the molecule is COc1ccc(Cl)cc1CN(C)C(=O)c1ccc(COCC(F)(F)F)cc1. The number of carbonyl (C=O) groups excluding carboxylic acids is 1. The van der Waals surface area contributed by atoms with Gasteiger partial charge in [0.25, 0.3) is 5.91 Å². The van der Waals surface area contributed by atoms with E-state index < -0.39 is 12.8 Å². The largest absolute Gasteiger partial charge is 0.496 e. The Labute approximate surface area is 160 Å². The van der Waals surface area contributed by atoms with Gasteiger partial charge in [-0.05, 0) is 35.9 Å². The average Bonchev–Trinajstić information content (AvgIpc) is 2.61. The number of hydrogen-bond acceptors (Lipinski definition) is 3. The van der Waals surface area contributed by atoms with Gasteiger partial charge in [-0.1, -0.05) is 23.7 Å². The molecule has 2 aromatic rings. The summed E-state index contributed by atoms with van der Waals surface area (Å²) < 4.78 is 46.1. The molecule has 0 aromatic heterocycles. The van der Waals surface area contributed by atoms with Gasteiger partial charge in [-0.15, -0.1) is 0 Å². The van der Waals surface area contributed by atoms with Crippen LogP contribution < -0.4 is 4.74 Å². The van der Waals surface area contributed by atoms with Crippen LogP contribution in [0.25, 0.3) is 0 Å². The Bertz CT molecular complexity index is 779. The van der Waals surface area contributed by atoms with E-state index in [1.165, 1.54) is 12.0 Å². The minimum atomic E-state index is -4.36. The van der Waals surface area contributed by atoms with Gasteiger partial charge in [-0.2, -0.15) is 13.2 Å². The molecule has 1 amide bonds. The zero-order chi connectivity index (χ0) is 20.0. The van der Waals surface area contributed by atoms with Crippen molar-refractivity contribution in [1.29, 1.82) is 0 Å². The number of alkyl halides is 3. The van der Waals surface area contributed by atoms with Gasteiger partial charge < -0.3 is 14.4 Å². The number of benzene rings is 2. The van der Waals surface area contributed by atoms with E-state index in [0.29, 0.717) is 28.4 Å². The van der Waals surface area contributed by atoms with Crippen LogP contribution in [0.3, 0.4) is 0 Å². The summed E-state index contributed by atoms with van der Waals surface area (Å²) in [6.45, 7) is -1.19. The van der Waals surface area contributed by atoms with Crippen LogP contribution >= 0.6 is 11.6 Å². The molecule has 0 saturated heterocycles. The van der Waals surface area contributed by atoms with Crippen LogP contribution in [0.5, 0.6) is 5.75 Å². The highest BCUT2D eigenvalue weighted by molar-refractivity contribution is 6.30. The van der Waals surface area contributed by atoms with Crippen LogP contribution in [0.1, 0.15) is 21.5 Å². The number of rotatable bonds is 7. The fraction of sp³-hybridized carbons (Fsp3) is 0.316. The maximum Gasteiger partial charge on any atom is 0.411 e. The second kappa shape index (κ2) is 9.10. The fourth-order valence-electron chi connectivity index (χ4n) is 2.45. The molecule has 0 aliphatic heterocycles. The van der Waals surface area contributed by atoms with Gasteiger partial charge in [0.2, 0.25) is 0 Å². The van der Waals surface area contributed by atoms with E-state index in [0.717, 1.165) is 5.56 Å². The Morgan fingerprint density at radius 2 is 1.81 bits per heavy atom. The van der Waals surface area contributed by atoms with Crippen molar-refractivity contribution in [2.45, 2.75) is 19.3 Å². The van der Waals surface area contributed by atoms with Gasteiger partial charge in [-0.25, -0.2) is 0 Å². The Hall–Kier alpha value is -2.25. The maximum absolute atomic E-state index is 12.6. The molecule has 8 heteroatoms. The lowest BCUT2D eigenvalue weighted by molar-refractivity contribution is -0.176. The molecule has 2 rings (SSSR count). The van der Waals surface area contributed by atoms with Gasteiger partial charge in [0.15, 0.2) is 0 Å². The van der Waals surface area contributed by atoms with Crippen molar-refractivity contribution in [1.82, 2.24) is 4.90 Å². The smallest absolute Gasteiger partial charge is 0.411 e. The standard InChI is InChI=1S/C19H19ClF3NO3/c1-24(10-15-9-16(20)7-8-17(15)26-2)18(25)14-5-3-13(4-6-14)11-27-12-19(21,22)23/h3-9H,10-12H2,1-2H3. The molecule has 0 heterocycles. The van der Waals surface area contributed by atoms with Crippen LogP contribution in [0.2, 0.25) is 5.02 Å². The number of carbonyl (C=O) groups is 1. The first-order valence-electron chi connectivity index (χ1n) is 8.01. The molecule has 146 valence electrons. The zero-order valence-corrected chi connectivity index (χ0v) is 15.6. The third kappa shape index (κ3) is 6.45. The molecule has 4 nitrogen and oxygen atoms in total. The summed E-state index contributed by atoms with van der Waals surface area (Å²) in [5.74, 6) is 0.385. The number of amides is 1.